The number of anilines is 2. The number of carbonyl (C=O) groups excluding carboxylic acids is 2. The third-order valence-corrected chi connectivity index (χ3v) is 4.24. The molecule has 24 heavy (non-hydrogen) atoms. The fraction of sp³-hybridized carbons (Fsp3) is 0.0526. The van der Waals surface area contributed by atoms with Crippen LogP contribution in [-0.2, 0) is 4.74 Å². The van der Waals surface area contributed by atoms with Crippen molar-refractivity contribution >= 4 is 34.5 Å². The van der Waals surface area contributed by atoms with Gasteiger partial charge in [0.15, 0.2) is 6.61 Å². The Balaban J connectivity index is 1.70. The number of rotatable bonds is 6. The molecule has 4 nitrogen and oxygen atoms in total. The zero-order valence-corrected chi connectivity index (χ0v) is 13.6. The number of carbonyl (C=O) groups is 2. The molecule has 0 radical (unpaired) electrons. The van der Waals surface area contributed by atoms with Crippen LogP contribution in [0.2, 0.25) is 0 Å². The zero-order valence-electron chi connectivity index (χ0n) is 12.8. The maximum absolute atomic E-state index is 12.3. The number of hydrogen-bond donors (Lipinski definition) is 1. The first-order valence-corrected chi connectivity index (χ1v) is 8.27. The lowest BCUT2D eigenvalue weighted by Crippen LogP contribution is -2.14. The Hall–Kier alpha value is -2.92. The molecule has 0 aliphatic carbocycles. The predicted molar refractivity (Wildman–Crippen MR) is 95.1 cm³/mol. The largest absolute Gasteiger partial charge is 0.454 e. The van der Waals surface area contributed by atoms with Crippen LogP contribution in [0.1, 0.15) is 20.0 Å². The fourth-order valence-electron chi connectivity index (χ4n) is 2.16. The van der Waals surface area contributed by atoms with Crippen LogP contribution in [0.5, 0.6) is 0 Å². The van der Waals surface area contributed by atoms with Gasteiger partial charge in [0.05, 0.1) is 16.1 Å². The lowest BCUT2D eigenvalue weighted by molar-refractivity contribution is 0.0477. The van der Waals surface area contributed by atoms with Crippen LogP contribution in [0.25, 0.3) is 0 Å². The normalized spacial score (nSPS) is 10.2. The molecule has 120 valence electrons. The van der Waals surface area contributed by atoms with E-state index in [1.165, 1.54) is 11.3 Å². The molecule has 0 aliphatic heterocycles. The minimum absolute atomic E-state index is 0.202. The quantitative estimate of drug-likeness (QED) is 0.530. The average molecular weight is 337 g/mol. The monoisotopic (exact) mass is 337 g/mol. The molecule has 1 heterocycles. The number of benzene rings is 2. The molecule has 2 aromatic carbocycles. The summed E-state index contributed by atoms with van der Waals surface area (Å²) in [7, 11) is 0. The Morgan fingerprint density at radius 1 is 0.917 bits per heavy atom. The number of Topliss-reactive ketones (excluding diaryl/α,β-unsaturated/α-hetero) is 1. The molecule has 0 saturated heterocycles. The van der Waals surface area contributed by atoms with Crippen LogP contribution < -0.4 is 5.32 Å². The number of ketones is 1. The minimum Gasteiger partial charge on any atom is -0.454 e. The van der Waals surface area contributed by atoms with E-state index >= 15 is 0 Å². The van der Waals surface area contributed by atoms with Crippen molar-refractivity contribution in [1.29, 1.82) is 0 Å². The molecule has 0 spiro atoms. The van der Waals surface area contributed by atoms with Gasteiger partial charge in [0, 0.05) is 5.69 Å². The third kappa shape index (κ3) is 3.88. The summed E-state index contributed by atoms with van der Waals surface area (Å²) < 4.78 is 5.17. The van der Waals surface area contributed by atoms with Crippen LogP contribution >= 0.6 is 11.3 Å². The molecule has 0 aliphatic rings. The second-order valence-corrected chi connectivity index (χ2v) is 5.96. The highest BCUT2D eigenvalue weighted by atomic mass is 32.1. The Morgan fingerprint density at radius 3 is 2.42 bits per heavy atom. The molecule has 0 amide bonds. The molecule has 0 atom stereocenters. The third-order valence-electron chi connectivity index (χ3n) is 3.33. The van der Waals surface area contributed by atoms with Crippen molar-refractivity contribution in [3.05, 3.63) is 82.6 Å². The van der Waals surface area contributed by atoms with Crippen molar-refractivity contribution in [3.63, 3.8) is 0 Å². The van der Waals surface area contributed by atoms with Crippen molar-refractivity contribution in [2.45, 2.75) is 0 Å². The van der Waals surface area contributed by atoms with E-state index in [-0.39, 0.29) is 12.4 Å². The molecular formula is C19H15NO3S. The second-order valence-electron chi connectivity index (χ2n) is 5.01. The van der Waals surface area contributed by atoms with Crippen LogP contribution in [0, 0.1) is 0 Å². The second kappa shape index (κ2) is 7.57. The van der Waals surface area contributed by atoms with E-state index in [0.717, 1.165) is 5.69 Å². The Kier molecular flexibility index (Phi) is 5.03. The molecule has 3 rings (SSSR count). The summed E-state index contributed by atoms with van der Waals surface area (Å²) in [5.74, 6) is -0.731. The van der Waals surface area contributed by atoms with E-state index in [1.54, 1.807) is 30.3 Å². The zero-order chi connectivity index (χ0) is 16.8. The van der Waals surface area contributed by atoms with Crippen LogP contribution in [0.15, 0.2) is 72.1 Å². The Bertz CT molecular complexity index is 829. The molecule has 5 heteroatoms. The van der Waals surface area contributed by atoms with E-state index in [2.05, 4.69) is 5.32 Å². The van der Waals surface area contributed by atoms with Crippen molar-refractivity contribution in [2.75, 3.05) is 11.9 Å². The smallest absolute Gasteiger partial charge is 0.340 e. The number of thiophene rings is 1. The lowest BCUT2D eigenvalue weighted by Gasteiger charge is -2.11. The summed E-state index contributed by atoms with van der Waals surface area (Å²) in [6, 6.07) is 20.1. The lowest BCUT2D eigenvalue weighted by atomic mass is 10.1. The van der Waals surface area contributed by atoms with Gasteiger partial charge < -0.3 is 10.1 Å². The topological polar surface area (TPSA) is 55.4 Å². The van der Waals surface area contributed by atoms with Gasteiger partial charge >= 0.3 is 5.97 Å². The average Bonchev–Trinajstić information content (AvgIpc) is 3.15. The molecule has 0 unspecified atom stereocenters. The van der Waals surface area contributed by atoms with Gasteiger partial charge in [0.1, 0.15) is 0 Å². The van der Waals surface area contributed by atoms with E-state index in [0.29, 0.717) is 16.1 Å². The van der Waals surface area contributed by atoms with E-state index < -0.39 is 5.97 Å². The molecule has 1 aromatic heterocycles. The fourth-order valence-corrected chi connectivity index (χ4v) is 2.82. The van der Waals surface area contributed by atoms with E-state index in [4.69, 9.17) is 4.74 Å². The first-order valence-electron chi connectivity index (χ1n) is 7.39. The summed E-state index contributed by atoms with van der Waals surface area (Å²) in [5.41, 5.74) is 1.89. The first-order chi connectivity index (χ1) is 11.7. The predicted octanol–water partition coefficient (Wildman–Crippen LogP) is 4.53. The van der Waals surface area contributed by atoms with Gasteiger partial charge in [0.25, 0.3) is 0 Å². The summed E-state index contributed by atoms with van der Waals surface area (Å²) in [6.07, 6.45) is 0. The van der Waals surface area contributed by atoms with Gasteiger partial charge in [-0.15, -0.1) is 11.3 Å². The van der Waals surface area contributed by atoms with Gasteiger partial charge in [-0.3, -0.25) is 4.79 Å². The minimum atomic E-state index is -0.529. The van der Waals surface area contributed by atoms with Gasteiger partial charge in [-0.1, -0.05) is 36.4 Å². The van der Waals surface area contributed by atoms with Crippen molar-refractivity contribution in [2.24, 2.45) is 0 Å². The number of ether oxygens (including phenoxy) is 1. The van der Waals surface area contributed by atoms with Crippen molar-refractivity contribution in [3.8, 4) is 0 Å². The summed E-state index contributed by atoms with van der Waals surface area (Å²) in [4.78, 5) is 24.8. The SMILES string of the molecule is O=C(COC(=O)c1ccccc1Nc1ccccc1)c1cccs1. The molecule has 0 saturated carbocycles. The van der Waals surface area contributed by atoms with Crippen molar-refractivity contribution < 1.29 is 14.3 Å². The van der Waals surface area contributed by atoms with Gasteiger partial charge in [0.2, 0.25) is 5.78 Å². The van der Waals surface area contributed by atoms with Crippen LogP contribution in [0.4, 0.5) is 11.4 Å². The highest BCUT2D eigenvalue weighted by Crippen LogP contribution is 2.21. The number of nitrogens with one attached hydrogen (secondary N) is 1. The molecule has 0 fully saturated rings. The molecule has 0 bridgehead atoms. The summed E-state index contributed by atoms with van der Waals surface area (Å²) in [6.45, 7) is -0.265. The van der Waals surface area contributed by atoms with Gasteiger partial charge in [-0.25, -0.2) is 4.79 Å². The van der Waals surface area contributed by atoms with Crippen molar-refractivity contribution in [1.82, 2.24) is 0 Å². The number of hydrogen-bond acceptors (Lipinski definition) is 5. The van der Waals surface area contributed by atoms with Crippen LogP contribution in [0.3, 0.4) is 0 Å². The standard InChI is InChI=1S/C19H15NO3S/c21-17(18-11-6-12-24-18)13-23-19(22)15-9-4-5-10-16(15)20-14-7-2-1-3-8-14/h1-12,20H,13H2. The molecule has 3 aromatic rings. The maximum atomic E-state index is 12.3. The first kappa shape index (κ1) is 16.0. The maximum Gasteiger partial charge on any atom is 0.340 e. The van der Waals surface area contributed by atoms with E-state index in [1.807, 2.05) is 41.8 Å². The Labute approximate surface area is 143 Å². The van der Waals surface area contributed by atoms with Gasteiger partial charge in [-0.2, -0.15) is 0 Å². The summed E-state index contributed by atoms with van der Waals surface area (Å²) in [5, 5.41) is 5.00. The van der Waals surface area contributed by atoms with Gasteiger partial charge in [-0.05, 0) is 35.7 Å². The van der Waals surface area contributed by atoms with E-state index in [9.17, 15) is 9.59 Å². The highest BCUT2D eigenvalue weighted by molar-refractivity contribution is 7.12. The Morgan fingerprint density at radius 2 is 1.67 bits per heavy atom. The molecule has 1 N–H and O–H groups in total. The number of esters is 1. The molecular weight excluding hydrogens is 322 g/mol. The summed E-state index contributed by atoms with van der Waals surface area (Å²) >= 11 is 1.33. The highest BCUT2D eigenvalue weighted by Gasteiger charge is 2.15. The van der Waals surface area contributed by atoms with Crippen LogP contribution in [-0.4, -0.2) is 18.4 Å². The number of para-hydroxylation sites is 2.